The monoisotopic (exact) mass is 212 g/mol. The van der Waals surface area contributed by atoms with Crippen molar-refractivity contribution in [3.05, 3.63) is 65.0 Å². The van der Waals surface area contributed by atoms with Crippen molar-refractivity contribution in [3.63, 3.8) is 0 Å². The molecule has 0 saturated heterocycles. The number of pyridine rings is 1. The molecule has 0 amide bonds. The number of aromatic nitrogens is 1. The van der Waals surface area contributed by atoms with Crippen molar-refractivity contribution < 1.29 is 0 Å². The van der Waals surface area contributed by atoms with E-state index >= 15 is 0 Å². The summed E-state index contributed by atoms with van der Waals surface area (Å²) in [6.07, 6.45) is 3.55. The Morgan fingerprint density at radius 3 is 2.06 bits per heavy atom. The number of hydrogen-bond acceptors (Lipinski definition) is 2. The molecule has 16 heavy (non-hydrogen) atoms. The van der Waals surface area contributed by atoms with E-state index in [1.807, 2.05) is 12.1 Å². The second kappa shape index (κ2) is 4.45. The Balaban J connectivity index is 2.37. The van der Waals surface area contributed by atoms with Gasteiger partial charge in [-0.05, 0) is 37.1 Å². The van der Waals surface area contributed by atoms with E-state index in [1.165, 1.54) is 11.1 Å². The van der Waals surface area contributed by atoms with Crippen LogP contribution in [0.1, 0.15) is 28.3 Å². The van der Waals surface area contributed by atoms with Crippen LogP contribution in [0.15, 0.2) is 42.7 Å². The molecule has 0 saturated carbocycles. The molecule has 1 aromatic carbocycles. The fourth-order valence-corrected chi connectivity index (χ4v) is 1.95. The van der Waals surface area contributed by atoms with Gasteiger partial charge in [-0.3, -0.25) is 4.98 Å². The molecule has 2 heteroatoms. The molecule has 0 radical (unpaired) electrons. The molecule has 1 atom stereocenters. The third-order valence-corrected chi connectivity index (χ3v) is 2.67. The number of nitrogens with zero attached hydrogens (tertiary/aromatic N) is 1. The zero-order valence-corrected chi connectivity index (χ0v) is 9.64. The Bertz CT molecular complexity index is 457. The van der Waals surface area contributed by atoms with Crippen LogP contribution < -0.4 is 5.73 Å². The van der Waals surface area contributed by atoms with Crippen molar-refractivity contribution in [3.8, 4) is 0 Å². The Hall–Kier alpha value is -1.67. The standard InChI is InChI=1S/C14H16N2/c1-10-7-11(2)9-13(8-10)14(15)12-3-5-16-6-4-12/h3-9,14H,15H2,1-2H3. The normalized spacial score (nSPS) is 12.4. The molecule has 82 valence electrons. The van der Waals surface area contributed by atoms with Gasteiger partial charge in [-0.15, -0.1) is 0 Å². The first kappa shape index (κ1) is 10.8. The van der Waals surface area contributed by atoms with E-state index in [0.29, 0.717) is 0 Å². The van der Waals surface area contributed by atoms with Crippen LogP contribution in [0.3, 0.4) is 0 Å². The van der Waals surface area contributed by atoms with Crippen LogP contribution in [0.25, 0.3) is 0 Å². The van der Waals surface area contributed by atoms with Crippen molar-refractivity contribution >= 4 is 0 Å². The van der Waals surface area contributed by atoms with Crippen LogP contribution in [0.2, 0.25) is 0 Å². The van der Waals surface area contributed by atoms with E-state index in [4.69, 9.17) is 5.73 Å². The van der Waals surface area contributed by atoms with Gasteiger partial charge in [-0.1, -0.05) is 29.3 Å². The minimum absolute atomic E-state index is 0.0680. The quantitative estimate of drug-likeness (QED) is 0.831. The third kappa shape index (κ3) is 2.28. The van der Waals surface area contributed by atoms with Crippen LogP contribution in [0.5, 0.6) is 0 Å². The topological polar surface area (TPSA) is 38.9 Å². The Morgan fingerprint density at radius 1 is 0.938 bits per heavy atom. The van der Waals surface area contributed by atoms with Crippen molar-refractivity contribution in [2.75, 3.05) is 0 Å². The van der Waals surface area contributed by atoms with Gasteiger partial charge >= 0.3 is 0 Å². The molecule has 0 aliphatic rings. The Labute approximate surface area is 96.1 Å². The lowest BCUT2D eigenvalue weighted by molar-refractivity contribution is 0.864. The van der Waals surface area contributed by atoms with Crippen molar-refractivity contribution in [2.45, 2.75) is 19.9 Å². The molecular formula is C14H16N2. The van der Waals surface area contributed by atoms with E-state index in [2.05, 4.69) is 37.0 Å². The molecule has 0 bridgehead atoms. The molecule has 0 fully saturated rings. The highest BCUT2D eigenvalue weighted by atomic mass is 14.7. The first-order valence-corrected chi connectivity index (χ1v) is 5.40. The number of rotatable bonds is 2. The summed E-state index contributed by atoms with van der Waals surface area (Å²) in [5.74, 6) is 0. The van der Waals surface area contributed by atoms with Crippen molar-refractivity contribution in [1.29, 1.82) is 0 Å². The molecule has 0 aliphatic carbocycles. The van der Waals surface area contributed by atoms with Gasteiger partial charge in [0.1, 0.15) is 0 Å². The van der Waals surface area contributed by atoms with Gasteiger partial charge in [0.2, 0.25) is 0 Å². The maximum absolute atomic E-state index is 6.23. The highest BCUT2D eigenvalue weighted by Gasteiger charge is 2.08. The molecule has 2 aromatic rings. The van der Waals surface area contributed by atoms with E-state index < -0.39 is 0 Å². The number of hydrogen-bond donors (Lipinski definition) is 1. The average Bonchev–Trinajstić information content (AvgIpc) is 2.28. The minimum Gasteiger partial charge on any atom is -0.320 e. The first-order chi connectivity index (χ1) is 7.66. The summed E-state index contributed by atoms with van der Waals surface area (Å²) in [6, 6.07) is 10.3. The summed E-state index contributed by atoms with van der Waals surface area (Å²) >= 11 is 0. The summed E-state index contributed by atoms with van der Waals surface area (Å²) in [7, 11) is 0. The molecule has 0 spiro atoms. The Kier molecular flexibility index (Phi) is 3.02. The van der Waals surface area contributed by atoms with E-state index in [0.717, 1.165) is 11.1 Å². The average molecular weight is 212 g/mol. The predicted molar refractivity (Wildman–Crippen MR) is 66.2 cm³/mol. The van der Waals surface area contributed by atoms with E-state index in [-0.39, 0.29) is 6.04 Å². The largest absolute Gasteiger partial charge is 0.320 e. The molecule has 2 rings (SSSR count). The van der Waals surface area contributed by atoms with Gasteiger partial charge in [0, 0.05) is 12.4 Å². The summed E-state index contributed by atoms with van der Waals surface area (Å²) < 4.78 is 0. The molecule has 1 unspecified atom stereocenters. The molecular weight excluding hydrogens is 196 g/mol. The third-order valence-electron chi connectivity index (χ3n) is 2.67. The molecule has 2 nitrogen and oxygen atoms in total. The molecule has 2 N–H and O–H groups in total. The zero-order valence-electron chi connectivity index (χ0n) is 9.64. The second-order valence-electron chi connectivity index (χ2n) is 4.18. The predicted octanol–water partition coefficient (Wildman–Crippen LogP) is 2.75. The summed E-state index contributed by atoms with van der Waals surface area (Å²) in [4.78, 5) is 4.00. The fourth-order valence-electron chi connectivity index (χ4n) is 1.95. The van der Waals surface area contributed by atoms with Gasteiger partial charge in [-0.2, -0.15) is 0 Å². The van der Waals surface area contributed by atoms with Gasteiger partial charge in [-0.25, -0.2) is 0 Å². The fraction of sp³-hybridized carbons (Fsp3) is 0.214. The van der Waals surface area contributed by atoms with Crippen LogP contribution >= 0.6 is 0 Å². The van der Waals surface area contributed by atoms with Crippen LogP contribution in [0.4, 0.5) is 0 Å². The van der Waals surface area contributed by atoms with Gasteiger partial charge in [0.05, 0.1) is 6.04 Å². The number of benzene rings is 1. The highest BCUT2D eigenvalue weighted by molar-refractivity contribution is 5.35. The number of nitrogens with two attached hydrogens (primary N) is 1. The van der Waals surface area contributed by atoms with Crippen LogP contribution in [0, 0.1) is 13.8 Å². The highest BCUT2D eigenvalue weighted by Crippen LogP contribution is 2.21. The van der Waals surface area contributed by atoms with Crippen molar-refractivity contribution in [1.82, 2.24) is 4.98 Å². The van der Waals surface area contributed by atoms with E-state index in [1.54, 1.807) is 12.4 Å². The second-order valence-corrected chi connectivity index (χ2v) is 4.18. The SMILES string of the molecule is Cc1cc(C)cc(C(N)c2ccncc2)c1. The maximum atomic E-state index is 6.23. The summed E-state index contributed by atoms with van der Waals surface area (Å²) in [5, 5.41) is 0. The van der Waals surface area contributed by atoms with Crippen LogP contribution in [-0.4, -0.2) is 4.98 Å². The van der Waals surface area contributed by atoms with Gasteiger partial charge < -0.3 is 5.73 Å². The van der Waals surface area contributed by atoms with E-state index in [9.17, 15) is 0 Å². The smallest absolute Gasteiger partial charge is 0.0552 e. The first-order valence-electron chi connectivity index (χ1n) is 5.40. The molecule has 1 aromatic heterocycles. The molecule has 0 aliphatic heterocycles. The summed E-state index contributed by atoms with van der Waals surface area (Å²) in [6.45, 7) is 4.19. The lowest BCUT2D eigenvalue weighted by Gasteiger charge is -2.13. The molecule has 1 heterocycles. The lowest BCUT2D eigenvalue weighted by atomic mass is 9.97. The Morgan fingerprint density at radius 2 is 1.50 bits per heavy atom. The van der Waals surface area contributed by atoms with Gasteiger partial charge in [0.15, 0.2) is 0 Å². The van der Waals surface area contributed by atoms with Gasteiger partial charge in [0.25, 0.3) is 0 Å². The maximum Gasteiger partial charge on any atom is 0.0552 e. The lowest BCUT2D eigenvalue weighted by Crippen LogP contribution is -2.12. The minimum atomic E-state index is -0.0680. The van der Waals surface area contributed by atoms with Crippen LogP contribution in [-0.2, 0) is 0 Å². The van der Waals surface area contributed by atoms with Crippen molar-refractivity contribution in [2.24, 2.45) is 5.73 Å². The number of aryl methyl sites for hydroxylation is 2. The zero-order chi connectivity index (χ0) is 11.5. The summed E-state index contributed by atoms with van der Waals surface area (Å²) in [5.41, 5.74) is 11.0.